The molecule has 3 N–H and O–H groups in total. The zero-order valence-electron chi connectivity index (χ0n) is 9.94. The number of anilines is 2. The number of hydrogen-bond donors (Lipinski definition) is 2. The Morgan fingerprint density at radius 1 is 1.29 bits per heavy atom. The number of carbonyl (C=O) groups excluding carboxylic acids is 1. The van der Waals surface area contributed by atoms with Crippen LogP contribution in [-0.4, -0.2) is 32.8 Å². The highest BCUT2D eigenvalue weighted by atomic mass is 16.5. The first kappa shape index (κ1) is 13.5. The molecule has 0 fully saturated rings. The molecule has 17 heavy (non-hydrogen) atoms. The number of nitrogens with one attached hydrogen (secondary N) is 1. The molecule has 1 aromatic rings. The van der Waals surface area contributed by atoms with Crippen molar-refractivity contribution in [2.75, 3.05) is 38.0 Å². The lowest BCUT2D eigenvalue weighted by atomic mass is 10.3. The van der Waals surface area contributed by atoms with Crippen molar-refractivity contribution in [3.8, 4) is 0 Å². The monoisotopic (exact) mass is 238 g/mol. The van der Waals surface area contributed by atoms with Gasteiger partial charge in [0.05, 0.1) is 0 Å². The minimum atomic E-state index is -0.174. The van der Waals surface area contributed by atoms with E-state index in [1.165, 1.54) is 0 Å². The number of methoxy groups -OCH3 is 1. The highest BCUT2D eigenvalue weighted by Gasteiger charge is 2.01. The normalized spacial score (nSPS) is 10.2. The van der Waals surface area contributed by atoms with E-state index in [9.17, 15) is 4.79 Å². The predicted molar refractivity (Wildman–Crippen MR) is 66.8 cm³/mol. The van der Waals surface area contributed by atoms with Gasteiger partial charge in [-0.15, -0.1) is 0 Å². The van der Waals surface area contributed by atoms with Crippen LogP contribution in [0.15, 0.2) is 24.3 Å². The van der Waals surface area contributed by atoms with E-state index < -0.39 is 0 Å². The lowest BCUT2D eigenvalue weighted by Crippen LogP contribution is -2.18. The van der Waals surface area contributed by atoms with Gasteiger partial charge in [0.2, 0.25) is 5.91 Å². The molecule has 5 nitrogen and oxygen atoms in total. The Morgan fingerprint density at radius 3 is 2.65 bits per heavy atom. The van der Waals surface area contributed by atoms with Gasteiger partial charge in [-0.25, -0.2) is 0 Å². The molecule has 0 saturated carbocycles. The van der Waals surface area contributed by atoms with Crippen molar-refractivity contribution in [3.63, 3.8) is 0 Å². The third-order valence-corrected chi connectivity index (χ3v) is 2.06. The molecule has 0 aromatic heterocycles. The van der Waals surface area contributed by atoms with Crippen LogP contribution in [0.25, 0.3) is 0 Å². The fourth-order valence-electron chi connectivity index (χ4n) is 1.23. The maximum atomic E-state index is 11.4. The van der Waals surface area contributed by atoms with Gasteiger partial charge in [-0.3, -0.25) is 4.79 Å². The molecule has 0 heterocycles. The van der Waals surface area contributed by atoms with Crippen molar-refractivity contribution in [2.24, 2.45) is 0 Å². The Hall–Kier alpha value is -1.59. The number of nitrogen functional groups attached to an aromatic ring is 1. The molecule has 0 aliphatic rings. The molecule has 1 rings (SSSR count). The van der Waals surface area contributed by atoms with Crippen LogP contribution in [-0.2, 0) is 14.3 Å². The smallest absolute Gasteiger partial charge is 0.250 e. The second-order valence-corrected chi connectivity index (χ2v) is 3.57. The quantitative estimate of drug-likeness (QED) is 0.554. The van der Waals surface area contributed by atoms with Crippen molar-refractivity contribution >= 4 is 17.3 Å². The van der Waals surface area contributed by atoms with Crippen molar-refractivity contribution in [1.29, 1.82) is 0 Å². The van der Waals surface area contributed by atoms with E-state index in [1.54, 1.807) is 31.4 Å². The number of rotatable bonds is 7. The highest BCUT2D eigenvalue weighted by Crippen LogP contribution is 2.10. The second kappa shape index (κ2) is 7.65. The number of nitrogens with two attached hydrogens (primary N) is 1. The van der Waals surface area contributed by atoms with Crippen LogP contribution in [0.4, 0.5) is 11.4 Å². The number of benzene rings is 1. The highest BCUT2D eigenvalue weighted by molar-refractivity contribution is 5.91. The Morgan fingerprint density at radius 2 is 2.00 bits per heavy atom. The van der Waals surface area contributed by atoms with Gasteiger partial charge in [0.25, 0.3) is 0 Å². The van der Waals surface area contributed by atoms with Gasteiger partial charge in [0, 0.05) is 31.7 Å². The average Bonchev–Trinajstić information content (AvgIpc) is 2.32. The first-order chi connectivity index (χ1) is 8.22. The first-order valence-corrected chi connectivity index (χ1v) is 5.44. The molecule has 0 aliphatic heterocycles. The summed E-state index contributed by atoms with van der Waals surface area (Å²) in [6.07, 6.45) is 0.783. The SMILES string of the molecule is COCCCOCC(=O)Nc1ccc(N)cc1. The van der Waals surface area contributed by atoms with Crippen LogP contribution in [0, 0.1) is 0 Å². The summed E-state index contributed by atoms with van der Waals surface area (Å²) in [5.41, 5.74) is 6.91. The van der Waals surface area contributed by atoms with Crippen molar-refractivity contribution in [3.05, 3.63) is 24.3 Å². The van der Waals surface area contributed by atoms with E-state index >= 15 is 0 Å². The van der Waals surface area contributed by atoms with Crippen molar-refractivity contribution in [2.45, 2.75) is 6.42 Å². The van der Waals surface area contributed by atoms with Crippen LogP contribution in [0.2, 0.25) is 0 Å². The van der Waals surface area contributed by atoms with Gasteiger partial charge in [0.15, 0.2) is 0 Å². The topological polar surface area (TPSA) is 73.6 Å². The number of ether oxygens (including phenoxy) is 2. The van der Waals surface area contributed by atoms with E-state index in [0.29, 0.717) is 24.6 Å². The molecular formula is C12H18N2O3. The van der Waals surface area contributed by atoms with Crippen LogP contribution >= 0.6 is 0 Å². The predicted octanol–water partition coefficient (Wildman–Crippen LogP) is 1.26. The van der Waals surface area contributed by atoms with Gasteiger partial charge >= 0.3 is 0 Å². The van der Waals surface area contributed by atoms with Crippen LogP contribution in [0.5, 0.6) is 0 Å². The van der Waals surface area contributed by atoms with Gasteiger partial charge in [-0.05, 0) is 30.7 Å². The Balaban J connectivity index is 2.18. The molecule has 1 amide bonds. The molecule has 0 aliphatic carbocycles. The Bertz CT molecular complexity index is 338. The molecule has 0 atom stereocenters. The Kier molecular flexibility index (Phi) is 6.06. The summed E-state index contributed by atoms with van der Waals surface area (Å²) in [4.78, 5) is 11.4. The molecule has 0 bridgehead atoms. The minimum Gasteiger partial charge on any atom is -0.399 e. The van der Waals surface area contributed by atoms with E-state index in [0.717, 1.165) is 6.42 Å². The summed E-state index contributed by atoms with van der Waals surface area (Å²) in [5.74, 6) is -0.174. The van der Waals surface area contributed by atoms with Crippen LogP contribution < -0.4 is 11.1 Å². The molecule has 0 unspecified atom stereocenters. The van der Waals surface area contributed by atoms with E-state index in [2.05, 4.69) is 5.32 Å². The molecule has 0 spiro atoms. The van der Waals surface area contributed by atoms with Gasteiger partial charge < -0.3 is 20.5 Å². The summed E-state index contributed by atoms with van der Waals surface area (Å²) < 4.78 is 10.0. The van der Waals surface area contributed by atoms with Gasteiger partial charge in [-0.1, -0.05) is 0 Å². The fraction of sp³-hybridized carbons (Fsp3) is 0.417. The first-order valence-electron chi connectivity index (χ1n) is 5.44. The average molecular weight is 238 g/mol. The summed E-state index contributed by atoms with van der Waals surface area (Å²) in [6, 6.07) is 6.96. The van der Waals surface area contributed by atoms with Gasteiger partial charge in [0.1, 0.15) is 6.61 Å². The maximum absolute atomic E-state index is 11.4. The summed E-state index contributed by atoms with van der Waals surface area (Å²) >= 11 is 0. The van der Waals surface area contributed by atoms with Crippen molar-refractivity contribution in [1.82, 2.24) is 0 Å². The summed E-state index contributed by atoms with van der Waals surface area (Å²) in [7, 11) is 1.63. The lowest BCUT2D eigenvalue weighted by molar-refractivity contribution is -0.120. The van der Waals surface area contributed by atoms with E-state index in [-0.39, 0.29) is 12.5 Å². The molecule has 0 saturated heterocycles. The third-order valence-electron chi connectivity index (χ3n) is 2.06. The molecule has 1 aromatic carbocycles. The molecule has 94 valence electrons. The van der Waals surface area contributed by atoms with Gasteiger partial charge in [-0.2, -0.15) is 0 Å². The fourth-order valence-corrected chi connectivity index (χ4v) is 1.23. The van der Waals surface area contributed by atoms with E-state index in [4.69, 9.17) is 15.2 Å². The standard InChI is InChI=1S/C12H18N2O3/c1-16-7-2-8-17-9-12(15)14-11-5-3-10(13)4-6-11/h3-6H,2,7-9,13H2,1H3,(H,14,15). The van der Waals surface area contributed by atoms with E-state index in [1.807, 2.05) is 0 Å². The second-order valence-electron chi connectivity index (χ2n) is 3.57. The number of amides is 1. The van der Waals surface area contributed by atoms with Crippen molar-refractivity contribution < 1.29 is 14.3 Å². The van der Waals surface area contributed by atoms with Crippen LogP contribution in [0.1, 0.15) is 6.42 Å². The summed E-state index contributed by atoms with van der Waals surface area (Å²) in [6.45, 7) is 1.21. The molecule has 0 radical (unpaired) electrons. The largest absolute Gasteiger partial charge is 0.399 e. The number of hydrogen-bond acceptors (Lipinski definition) is 4. The lowest BCUT2D eigenvalue weighted by Gasteiger charge is -2.06. The van der Waals surface area contributed by atoms with Crippen LogP contribution in [0.3, 0.4) is 0 Å². The summed E-state index contributed by atoms with van der Waals surface area (Å²) in [5, 5.41) is 2.71. The minimum absolute atomic E-state index is 0.0497. The molecule has 5 heteroatoms. The third kappa shape index (κ3) is 5.89. The molecular weight excluding hydrogens is 220 g/mol. The maximum Gasteiger partial charge on any atom is 0.250 e. The Labute approximate surface area is 101 Å². The number of carbonyl (C=O) groups is 1. The zero-order chi connectivity index (χ0) is 12.5. The zero-order valence-corrected chi connectivity index (χ0v) is 9.94.